The maximum absolute atomic E-state index is 12.9. The summed E-state index contributed by atoms with van der Waals surface area (Å²) in [5, 5.41) is 2.66. The smallest absolute Gasteiger partial charge is 0.408 e. The van der Waals surface area contributed by atoms with Gasteiger partial charge >= 0.3 is 6.09 Å². The van der Waals surface area contributed by atoms with Gasteiger partial charge in [0.15, 0.2) is 0 Å². The van der Waals surface area contributed by atoms with Gasteiger partial charge < -0.3 is 15.0 Å². The molecule has 0 bridgehead atoms. The van der Waals surface area contributed by atoms with Gasteiger partial charge in [0.1, 0.15) is 11.6 Å². The summed E-state index contributed by atoms with van der Waals surface area (Å²) in [5.74, 6) is 0.426. The lowest BCUT2D eigenvalue weighted by atomic mass is 10.0. The molecule has 0 saturated heterocycles. The van der Waals surface area contributed by atoms with Crippen molar-refractivity contribution in [3.8, 4) is 0 Å². The molecule has 2 rings (SSSR count). The molecule has 0 aliphatic heterocycles. The third kappa shape index (κ3) is 6.04. The van der Waals surface area contributed by atoms with Crippen LogP contribution in [0.1, 0.15) is 71.4 Å². The zero-order valence-electron chi connectivity index (χ0n) is 16.8. The van der Waals surface area contributed by atoms with Gasteiger partial charge in [0, 0.05) is 12.6 Å². The Bertz CT molecular complexity index is 628. The van der Waals surface area contributed by atoms with Crippen LogP contribution in [0.4, 0.5) is 4.79 Å². The van der Waals surface area contributed by atoms with Crippen LogP contribution in [-0.2, 0) is 16.1 Å². The molecule has 2 amide bonds. The van der Waals surface area contributed by atoms with Crippen LogP contribution in [0.5, 0.6) is 0 Å². The second kappa shape index (κ2) is 8.11. The molecule has 1 N–H and O–H groups in total. The van der Waals surface area contributed by atoms with Gasteiger partial charge in [-0.15, -0.1) is 0 Å². The van der Waals surface area contributed by atoms with E-state index in [1.54, 1.807) is 27.7 Å². The molecule has 1 atom stereocenters. The van der Waals surface area contributed by atoms with Crippen molar-refractivity contribution < 1.29 is 14.3 Å². The highest BCUT2D eigenvalue weighted by atomic mass is 16.6. The fourth-order valence-corrected chi connectivity index (χ4v) is 2.77. The normalized spacial score (nSPS) is 15.5. The number of nitrogens with one attached hydrogen (secondary N) is 1. The molecule has 1 aromatic carbocycles. The van der Waals surface area contributed by atoms with Crippen LogP contribution in [0, 0.1) is 0 Å². The van der Waals surface area contributed by atoms with E-state index < -0.39 is 17.7 Å². The lowest BCUT2D eigenvalue weighted by molar-refractivity contribution is -0.134. The Morgan fingerprint density at radius 3 is 2.19 bits per heavy atom. The Morgan fingerprint density at radius 1 is 1.15 bits per heavy atom. The summed E-state index contributed by atoms with van der Waals surface area (Å²) >= 11 is 0. The van der Waals surface area contributed by atoms with Crippen LogP contribution in [0.25, 0.3) is 0 Å². The Hall–Kier alpha value is -2.04. The first kappa shape index (κ1) is 20.3. The third-order valence-electron chi connectivity index (χ3n) is 4.37. The summed E-state index contributed by atoms with van der Waals surface area (Å²) in [6.07, 6.45) is 1.49. The summed E-state index contributed by atoms with van der Waals surface area (Å²) in [7, 11) is 0. The summed E-state index contributed by atoms with van der Waals surface area (Å²) in [4.78, 5) is 26.7. The summed E-state index contributed by atoms with van der Waals surface area (Å²) in [6.45, 7) is 12.0. The second-order valence-corrected chi connectivity index (χ2v) is 8.46. The van der Waals surface area contributed by atoms with Gasteiger partial charge in [0.25, 0.3) is 0 Å². The molecule has 0 radical (unpaired) electrons. The third-order valence-corrected chi connectivity index (χ3v) is 4.37. The first-order chi connectivity index (χ1) is 12.1. The van der Waals surface area contributed by atoms with Crippen molar-refractivity contribution in [2.45, 2.75) is 84.5 Å². The number of alkyl carbamates (subject to hydrolysis) is 1. The highest BCUT2D eigenvalue weighted by molar-refractivity contribution is 5.85. The van der Waals surface area contributed by atoms with E-state index in [-0.39, 0.29) is 11.9 Å². The topological polar surface area (TPSA) is 58.6 Å². The fourth-order valence-electron chi connectivity index (χ4n) is 2.77. The maximum atomic E-state index is 12.9. The first-order valence-electron chi connectivity index (χ1n) is 9.45. The van der Waals surface area contributed by atoms with Crippen LogP contribution in [0.2, 0.25) is 0 Å². The van der Waals surface area contributed by atoms with Crippen LogP contribution >= 0.6 is 0 Å². The lowest BCUT2D eigenvalue weighted by Gasteiger charge is -2.27. The van der Waals surface area contributed by atoms with Crippen LogP contribution in [0.3, 0.4) is 0 Å². The van der Waals surface area contributed by atoms with Crippen LogP contribution < -0.4 is 5.32 Å². The van der Waals surface area contributed by atoms with Crippen LogP contribution in [0.15, 0.2) is 24.3 Å². The minimum atomic E-state index is -0.611. The van der Waals surface area contributed by atoms with E-state index in [4.69, 9.17) is 4.74 Å². The Balaban J connectivity index is 1.99. The van der Waals surface area contributed by atoms with Crippen molar-refractivity contribution in [3.63, 3.8) is 0 Å². The molecule has 1 aromatic rings. The molecule has 26 heavy (non-hydrogen) atoms. The zero-order valence-corrected chi connectivity index (χ0v) is 16.8. The lowest BCUT2D eigenvalue weighted by Crippen LogP contribution is -2.48. The van der Waals surface area contributed by atoms with E-state index in [0.717, 1.165) is 18.4 Å². The standard InChI is InChI=1S/C21H32N2O3/c1-14(2)17-9-7-16(8-10-17)13-23(18-11-12-18)19(24)15(3)22-20(25)26-21(4,5)6/h7-10,14-15,18H,11-13H2,1-6H3,(H,22,25)/t15-/m1/s1. The minimum absolute atomic E-state index is 0.0636. The Morgan fingerprint density at radius 2 is 1.73 bits per heavy atom. The van der Waals surface area contributed by atoms with E-state index in [2.05, 4.69) is 43.4 Å². The van der Waals surface area contributed by atoms with E-state index in [1.807, 2.05) is 4.90 Å². The number of benzene rings is 1. The van der Waals surface area contributed by atoms with Gasteiger partial charge in [-0.3, -0.25) is 4.79 Å². The molecule has 1 aliphatic rings. The quantitative estimate of drug-likeness (QED) is 0.826. The van der Waals surface area contributed by atoms with E-state index in [1.165, 1.54) is 5.56 Å². The largest absolute Gasteiger partial charge is 0.444 e. The summed E-state index contributed by atoms with van der Waals surface area (Å²) in [6, 6.07) is 8.08. The van der Waals surface area contributed by atoms with Crippen molar-refractivity contribution in [1.82, 2.24) is 10.2 Å². The molecule has 0 spiro atoms. The van der Waals surface area contributed by atoms with E-state index in [0.29, 0.717) is 12.5 Å². The van der Waals surface area contributed by atoms with Crippen molar-refractivity contribution in [1.29, 1.82) is 0 Å². The SMILES string of the molecule is CC(C)c1ccc(CN(C(=O)[C@@H](C)NC(=O)OC(C)(C)C)C2CC2)cc1. The molecule has 0 aromatic heterocycles. The van der Waals surface area contributed by atoms with Crippen molar-refractivity contribution in [3.05, 3.63) is 35.4 Å². The van der Waals surface area contributed by atoms with Gasteiger partial charge in [-0.1, -0.05) is 38.1 Å². The molecule has 5 nitrogen and oxygen atoms in total. The minimum Gasteiger partial charge on any atom is -0.444 e. The molecule has 1 fully saturated rings. The van der Waals surface area contributed by atoms with Crippen molar-refractivity contribution in [2.75, 3.05) is 0 Å². The summed E-state index contributed by atoms with van der Waals surface area (Å²) in [5.41, 5.74) is 1.82. The average Bonchev–Trinajstić information content (AvgIpc) is 3.35. The first-order valence-corrected chi connectivity index (χ1v) is 9.45. The molecular weight excluding hydrogens is 328 g/mol. The maximum Gasteiger partial charge on any atom is 0.408 e. The second-order valence-electron chi connectivity index (χ2n) is 8.46. The van der Waals surface area contributed by atoms with Gasteiger partial charge in [0.05, 0.1) is 0 Å². The number of carbonyl (C=O) groups is 2. The molecule has 0 unspecified atom stereocenters. The highest BCUT2D eigenvalue weighted by Gasteiger charge is 2.35. The number of nitrogens with zero attached hydrogens (tertiary/aromatic N) is 1. The molecule has 0 heterocycles. The summed E-state index contributed by atoms with van der Waals surface area (Å²) < 4.78 is 5.25. The average molecular weight is 360 g/mol. The predicted molar refractivity (Wildman–Crippen MR) is 103 cm³/mol. The van der Waals surface area contributed by atoms with Crippen LogP contribution in [-0.4, -0.2) is 34.6 Å². The molecular formula is C21H32N2O3. The Labute approximate surface area is 157 Å². The van der Waals surface area contributed by atoms with Gasteiger partial charge in [0.2, 0.25) is 5.91 Å². The van der Waals surface area contributed by atoms with Gasteiger partial charge in [-0.25, -0.2) is 4.79 Å². The Kier molecular flexibility index (Phi) is 6.32. The number of rotatable bonds is 6. The highest BCUT2D eigenvalue weighted by Crippen LogP contribution is 2.29. The number of hydrogen-bond acceptors (Lipinski definition) is 3. The number of ether oxygens (including phenoxy) is 1. The fraction of sp³-hybridized carbons (Fsp3) is 0.619. The van der Waals surface area contributed by atoms with E-state index in [9.17, 15) is 9.59 Å². The zero-order chi connectivity index (χ0) is 19.5. The van der Waals surface area contributed by atoms with Gasteiger partial charge in [-0.2, -0.15) is 0 Å². The number of amides is 2. The van der Waals surface area contributed by atoms with Crippen molar-refractivity contribution in [2.24, 2.45) is 0 Å². The number of carbonyl (C=O) groups excluding carboxylic acids is 2. The molecule has 1 saturated carbocycles. The molecule has 1 aliphatic carbocycles. The van der Waals surface area contributed by atoms with Gasteiger partial charge in [-0.05, 0) is 57.6 Å². The predicted octanol–water partition coefficient (Wildman–Crippen LogP) is 4.21. The molecule has 5 heteroatoms. The number of hydrogen-bond donors (Lipinski definition) is 1. The van der Waals surface area contributed by atoms with Crippen molar-refractivity contribution >= 4 is 12.0 Å². The van der Waals surface area contributed by atoms with E-state index >= 15 is 0 Å². The molecule has 144 valence electrons. The monoisotopic (exact) mass is 360 g/mol.